The summed E-state index contributed by atoms with van der Waals surface area (Å²) in [5.41, 5.74) is 0. The van der Waals surface area contributed by atoms with Gasteiger partial charge in [-0.2, -0.15) is 11.8 Å². The zero-order valence-electron chi connectivity index (χ0n) is 8.37. The molecule has 76 valence electrons. The van der Waals surface area contributed by atoms with Crippen LogP contribution in [0.2, 0.25) is 0 Å². The molecule has 2 aliphatic heterocycles. The zero-order chi connectivity index (χ0) is 9.10. The first kappa shape index (κ1) is 9.81. The van der Waals surface area contributed by atoms with Gasteiger partial charge in [0.2, 0.25) is 0 Å². The number of hydrogen-bond donors (Lipinski definition) is 0. The Morgan fingerprint density at radius 1 is 1.38 bits per heavy atom. The Balaban J connectivity index is 1.83. The number of thioether (sulfide) groups is 1. The quantitative estimate of drug-likeness (QED) is 0.673. The summed E-state index contributed by atoms with van der Waals surface area (Å²) in [6.07, 6.45) is 3.05. The second kappa shape index (κ2) is 4.67. The van der Waals surface area contributed by atoms with Crippen LogP contribution in [0.3, 0.4) is 0 Å². The molecule has 2 unspecified atom stereocenters. The van der Waals surface area contributed by atoms with Crippen LogP contribution in [-0.4, -0.2) is 48.2 Å². The highest BCUT2D eigenvalue weighted by molar-refractivity contribution is 7.99. The Morgan fingerprint density at radius 2 is 2.15 bits per heavy atom. The van der Waals surface area contributed by atoms with Gasteiger partial charge in [-0.05, 0) is 19.8 Å². The predicted molar refractivity (Wildman–Crippen MR) is 57.3 cm³/mol. The summed E-state index contributed by atoms with van der Waals surface area (Å²) in [6.45, 7) is 5.82. The molecule has 0 aromatic rings. The monoisotopic (exact) mass is 201 g/mol. The predicted octanol–water partition coefficient (Wildman–Crippen LogP) is 1.60. The Morgan fingerprint density at radius 3 is 2.77 bits per heavy atom. The maximum Gasteiger partial charge on any atom is 0.0728 e. The van der Waals surface area contributed by atoms with Crippen molar-refractivity contribution in [2.75, 3.05) is 31.2 Å². The summed E-state index contributed by atoms with van der Waals surface area (Å²) in [7, 11) is 0. The lowest BCUT2D eigenvalue weighted by Crippen LogP contribution is -2.45. The standard InChI is InChI=1S/C10H19NOS/c1-9(10-3-2-6-12-10)11-4-7-13-8-5-11/h9-10H,2-8H2,1H3. The molecule has 2 heterocycles. The van der Waals surface area contributed by atoms with Gasteiger partial charge in [-0.25, -0.2) is 0 Å². The highest BCUT2D eigenvalue weighted by Gasteiger charge is 2.27. The van der Waals surface area contributed by atoms with Crippen LogP contribution in [0.1, 0.15) is 19.8 Å². The van der Waals surface area contributed by atoms with E-state index in [0.29, 0.717) is 12.1 Å². The third-order valence-corrected chi connectivity index (χ3v) is 4.07. The van der Waals surface area contributed by atoms with Crippen LogP contribution in [0.15, 0.2) is 0 Å². The van der Waals surface area contributed by atoms with Crippen LogP contribution in [0.4, 0.5) is 0 Å². The second-order valence-corrected chi connectivity index (χ2v) is 5.17. The van der Waals surface area contributed by atoms with Crippen molar-refractivity contribution >= 4 is 11.8 Å². The molecule has 0 aromatic heterocycles. The van der Waals surface area contributed by atoms with Gasteiger partial charge in [0.15, 0.2) is 0 Å². The van der Waals surface area contributed by atoms with Crippen LogP contribution >= 0.6 is 11.8 Å². The highest BCUT2D eigenvalue weighted by Crippen LogP contribution is 2.21. The second-order valence-electron chi connectivity index (χ2n) is 3.94. The summed E-state index contributed by atoms with van der Waals surface area (Å²) in [5, 5.41) is 0. The highest BCUT2D eigenvalue weighted by atomic mass is 32.2. The fourth-order valence-corrected chi connectivity index (χ4v) is 3.13. The Hall–Kier alpha value is 0.270. The topological polar surface area (TPSA) is 12.5 Å². The lowest BCUT2D eigenvalue weighted by Gasteiger charge is -2.34. The molecule has 0 saturated carbocycles. The van der Waals surface area contributed by atoms with Crippen molar-refractivity contribution in [3.05, 3.63) is 0 Å². The lowest BCUT2D eigenvalue weighted by atomic mass is 10.1. The van der Waals surface area contributed by atoms with Gasteiger partial charge in [0.05, 0.1) is 6.10 Å². The van der Waals surface area contributed by atoms with Crippen molar-refractivity contribution in [2.45, 2.75) is 31.9 Å². The summed E-state index contributed by atoms with van der Waals surface area (Å²) < 4.78 is 5.72. The minimum Gasteiger partial charge on any atom is -0.377 e. The number of nitrogens with zero attached hydrogens (tertiary/aromatic N) is 1. The maximum atomic E-state index is 5.72. The molecule has 0 radical (unpaired) electrons. The van der Waals surface area contributed by atoms with Gasteiger partial charge in [-0.1, -0.05) is 0 Å². The van der Waals surface area contributed by atoms with E-state index in [2.05, 4.69) is 23.6 Å². The van der Waals surface area contributed by atoms with E-state index in [4.69, 9.17) is 4.74 Å². The summed E-state index contributed by atoms with van der Waals surface area (Å²) in [4.78, 5) is 2.59. The van der Waals surface area contributed by atoms with Gasteiger partial charge in [0.1, 0.15) is 0 Å². The van der Waals surface area contributed by atoms with Crippen molar-refractivity contribution < 1.29 is 4.74 Å². The fraction of sp³-hybridized carbons (Fsp3) is 1.00. The Bertz CT molecular complexity index is 153. The Labute approximate surface area is 85.0 Å². The fourth-order valence-electron chi connectivity index (χ4n) is 2.20. The minimum absolute atomic E-state index is 0.517. The van der Waals surface area contributed by atoms with E-state index in [1.165, 1.54) is 37.4 Å². The van der Waals surface area contributed by atoms with Crippen LogP contribution < -0.4 is 0 Å². The summed E-state index contributed by atoms with van der Waals surface area (Å²) in [5.74, 6) is 2.61. The molecule has 2 saturated heterocycles. The van der Waals surface area contributed by atoms with E-state index in [0.717, 1.165) is 6.61 Å². The van der Waals surface area contributed by atoms with Crippen LogP contribution in [-0.2, 0) is 4.74 Å². The van der Waals surface area contributed by atoms with Crippen LogP contribution in [0, 0.1) is 0 Å². The largest absolute Gasteiger partial charge is 0.377 e. The van der Waals surface area contributed by atoms with Crippen LogP contribution in [0.5, 0.6) is 0 Å². The molecular formula is C10H19NOS. The van der Waals surface area contributed by atoms with Gasteiger partial charge < -0.3 is 4.74 Å². The van der Waals surface area contributed by atoms with Crippen molar-refractivity contribution in [1.29, 1.82) is 0 Å². The molecule has 3 heteroatoms. The molecule has 2 fully saturated rings. The maximum absolute atomic E-state index is 5.72. The van der Waals surface area contributed by atoms with Crippen LogP contribution in [0.25, 0.3) is 0 Å². The van der Waals surface area contributed by atoms with E-state index in [1.807, 2.05) is 0 Å². The first-order chi connectivity index (χ1) is 6.38. The van der Waals surface area contributed by atoms with Gasteiger partial charge in [-0.3, -0.25) is 4.90 Å². The molecule has 2 atom stereocenters. The van der Waals surface area contributed by atoms with E-state index < -0.39 is 0 Å². The van der Waals surface area contributed by atoms with E-state index >= 15 is 0 Å². The van der Waals surface area contributed by atoms with Crippen molar-refractivity contribution in [3.63, 3.8) is 0 Å². The van der Waals surface area contributed by atoms with Gasteiger partial charge in [0, 0.05) is 37.2 Å². The molecule has 0 aliphatic carbocycles. The first-order valence-corrected chi connectivity index (χ1v) is 6.47. The number of hydrogen-bond acceptors (Lipinski definition) is 3. The van der Waals surface area contributed by atoms with E-state index in [9.17, 15) is 0 Å². The van der Waals surface area contributed by atoms with Gasteiger partial charge >= 0.3 is 0 Å². The summed E-state index contributed by atoms with van der Waals surface area (Å²) in [6, 6.07) is 0.642. The van der Waals surface area contributed by atoms with Crippen molar-refractivity contribution in [2.24, 2.45) is 0 Å². The first-order valence-electron chi connectivity index (χ1n) is 5.31. The van der Waals surface area contributed by atoms with Crippen molar-refractivity contribution in [3.8, 4) is 0 Å². The molecule has 0 N–H and O–H groups in total. The Kier molecular flexibility index (Phi) is 3.52. The zero-order valence-corrected chi connectivity index (χ0v) is 9.18. The average Bonchev–Trinajstić information content (AvgIpc) is 2.71. The molecule has 0 spiro atoms. The smallest absolute Gasteiger partial charge is 0.0728 e. The molecule has 2 aliphatic rings. The normalized spacial score (nSPS) is 33.5. The summed E-state index contributed by atoms with van der Waals surface area (Å²) >= 11 is 2.08. The van der Waals surface area contributed by atoms with Gasteiger partial charge in [-0.15, -0.1) is 0 Å². The molecule has 2 nitrogen and oxygen atoms in total. The number of rotatable bonds is 2. The third-order valence-electron chi connectivity index (χ3n) is 3.12. The average molecular weight is 201 g/mol. The van der Waals surface area contributed by atoms with Crippen molar-refractivity contribution in [1.82, 2.24) is 4.90 Å². The SMILES string of the molecule is CC(C1CCCO1)N1CCSCC1. The molecule has 13 heavy (non-hydrogen) atoms. The van der Waals surface area contributed by atoms with E-state index in [-0.39, 0.29) is 0 Å². The van der Waals surface area contributed by atoms with Gasteiger partial charge in [0.25, 0.3) is 0 Å². The third kappa shape index (κ3) is 2.39. The number of ether oxygens (including phenoxy) is 1. The minimum atomic E-state index is 0.517. The molecule has 2 rings (SSSR count). The lowest BCUT2D eigenvalue weighted by molar-refractivity contribution is 0.0353. The molecular weight excluding hydrogens is 182 g/mol. The molecule has 0 aromatic carbocycles. The molecule has 0 bridgehead atoms. The van der Waals surface area contributed by atoms with E-state index in [1.54, 1.807) is 0 Å². The molecule has 0 amide bonds.